The van der Waals surface area contributed by atoms with Crippen molar-refractivity contribution in [1.29, 1.82) is 0 Å². The first-order valence-electron chi connectivity index (χ1n) is 9.06. The molecule has 0 saturated heterocycles. The second-order valence-electron chi connectivity index (χ2n) is 6.70. The number of halogens is 1. The van der Waals surface area contributed by atoms with Gasteiger partial charge in [0, 0.05) is 35.0 Å². The molecule has 0 bridgehead atoms. The Morgan fingerprint density at radius 2 is 1.60 bits per heavy atom. The SMILES string of the molecule is C.O=c1ccc(-c2ccnc3ccc(-c4cn[nH]c4-c4ccc(F)cc4)cc23)c[nH]1. The quantitative estimate of drug-likeness (QED) is 0.426. The maximum atomic E-state index is 13.3. The predicted octanol–water partition coefficient (Wildman–Crippen LogP) is 5.42. The number of hydrogen-bond acceptors (Lipinski definition) is 3. The zero-order valence-corrected chi connectivity index (χ0v) is 15.2. The Balaban J connectivity index is 0.00000218. The molecule has 6 heteroatoms. The second kappa shape index (κ2) is 7.75. The van der Waals surface area contributed by atoms with Gasteiger partial charge in [-0.25, -0.2) is 4.39 Å². The van der Waals surface area contributed by atoms with E-state index in [0.29, 0.717) is 0 Å². The fraction of sp³-hybridized carbons (Fsp3) is 0.0417. The molecule has 0 radical (unpaired) electrons. The van der Waals surface area contributed by atoms with Crippen molar-refractivity contribution in [3.8, 4) is 33.5 Å². The van der Waals surface area contributed by atoms with Gasteiger partial charge < -0.3 is 4.98 Å². The van der Waals surface area contributed by atoms with E-state index >= 15 is 0 Å². The Morgan fingerprint density at radius 3 is 2.37 bits per heavy atom. The zero-order valence-electron chi connectivity index (χ0n) is 15.2. The van der Waals surface area contributed by atoms with Crippen molar-refractivity contribution >= 4 is 10.9 Å². The summed E-state index contributed by atoms with van der Waals surface area (Å²) in [5.41, 5.74) is 6.13. The molecule has 0 spiro atoms. The lowest BCUT2D eigenvalue weighted by molar-refractivity contribution is 0.628. The Hall–Kier alpha value is -4.06. The van der Waals surface area contributed by atoms with Crippen molar-refractivity contribution in [3.63, 3.8) is 0 Å². The Morgan fingerprint density at radius 1 is 0.833 bits per heavy atom. The van der Waals surface area contributed by atoms with E-state index in [1.54, 1.807) is 36.8 Å². The minimum Gasteiger partial charge on any atom is -0.328 e. The van der Waals surface area contributed by atoms with Crippen molar-refractivity contribution in [2.45, 2.75) is 7.43 Å². The van der Waals surface area contributed by atoms with Gasteiger partial charge in [0.15, 0.2) is 0 Å². The van der Waals surface area contributed by atoms with Gasteiger partial charge in [0.1, 0.15) is 5.82 Å². The van der Waals surface area contributed by atoms with Crippen LogP contribution in [0.15, 0.2) is 84.0 Å². The van der Waals surface area contributed by atoms with E-state index in [2.05, 4.69) is 26.2 Å². The van der Waals surface area contributed by atoms with Crippen LogP contribution in [0.1, 0.15) is 7.43 Å². The highest BCUT2D eigenvalue weighted by Gasteiger charge is 2.12. The summed E-state index contributed by atoms with van der Waals surface area (Å²) in [4.78, 5) is 18.6. The zero-order chi connectivity index (χ0) is 19.8. The van der Waals surface area contributed by atoms with Gasteiger partial charge in [0.2, 0.25) is 5.56 Å². The van der Waals surface area contributed by atoms with Gasteiger partial charge in [-0.15, -0.1) is 0 Å². The molecule has 30 heavy (non-hydrogen) atoms. The van der Waals surface area contributed by atoms with Crippen LogP contribution < -0.4 is 5.56 Å². The molecule has 0 saturated carbocycles. The van der Waals surface area contributed by atoms with E-state index < -0.39 is 0 Å². The average molecular weight is 398 g/mol. The van der Waals surface area contributed by atoms with Crippen molar-refractivity contribution in [3.05, 3.63) is 95.4 Å². The normalized spacial score (nSPS) is 10.7. The molecule has 2 N–H and O–H groups in total. The number of rotatable bonds is 3. The molecule has 5 nitrogen and oxygen atoms in total. The van der Waals surface area contributed by atoms with Crippen molar-refractivity contribution in [1.82, 2.24) is 20.2 Å². The largest absolute Gasteiger partial charge is 0.328 e. The number of aromatic amines is 2. The van der Waals surface area contributed by atoms with Crippen LogP contribution in [0.5, 0.6) is 0 Å². The molecular weight excluding hydrogens is 379 g/mol. The molecule has 2 aromatic carbocycles. The van der Waals surface area contributed by atoms with Gasteiger partial charge in [-0.1, -0.05) is 13.5 Å². The molecule has 0 unspecified atom stereocenters. The molecule has 5 rings (SSSR count). The van der Waals surface area contributed by atoms with Crippen LogP contribution in [0.4, 0.5) is 4.39 Å². The van der Waals surface area contributed by atoms with Crippen LogP contribution in [-0.2, 0) is 0 Å². The van der Waals surface area contributed by atoms with Crippen LogP contribution in [-0.4, -0.2) is 20.2 Å². The number of pyridine rings is 2. The first-order chi connectivity index (χ1) is 14.2. The summed E-state index contributed by atoms with van der Waals surface area (Å²) in [5.74, 6) is -0.280. The Kier molecular flexibility index (Phi) is 4.98. The number of nitrogens with one attached hydrogen (secondary N) is 2. The van der Waals surface area contributed by atoms with Crippen LogP contribution in [0.2, 0.25) is 0 Å². The third-order valence-electron chi connectivity index (χ3n) is 4.92. The molecule has 3 heterocycles. The van der Waals surface area contributed by atoms with E-state index in [-0.39, 0.29) is 18.8 Å². The number of fused-ring (bicyclic) bond motifs is 1. The van der Waals surface area contributed by atoms with Crippen molar-refractivity contribution < 1.29 is 4.39 Å². The van der Waals surface area contributed by atoms with E-state index in [0.717, 1.165) is 44.4 Å². The fourth-order valence-corrected chi connectivity index (χ4v) is 3.49. The van der Waals surface area contributed by atoms with Gasteiger partial charge in [-0.2, -0.15) is 5.10 Å². The highest BCUT2D eigenvalue weighted by molar-refractivity contribution is 5.97. The molecule has 3 aromatic heterocycles. The maximum Gasteiger partial charge on any atom is 0.247 e. The topological polar surface area (TPSA) is 74.4 Å². The summed E-state index contributed by atoms with van der Waals surface area (Å²) in [6.07, 6.45) is 5.21. The summed E-state index contributed by atoms with van der Waals surface area (Å²) >= 11 is 0. The van der Waals surface area contributed by atoms with Gasteiger partial charge in [0.25, 0.3) is 0 Å². The van der Waals surface area contributed by atoms with Gasteiger partial charge in [0.05, 0.1) is 17.4 Å². The summed E-state index contributed by atoms with van der Waals surface area (Å²) in [7, 11) is 0. The van der Waals surface area contributed by atoms with E-state index in [4.69, 9.17) is 0 Å². The second-order valence-corrected chi connectivity index (χ2v) is 6.70. The first-order valence-corrected chi connectivity index (χ1v) is 9.06. The van der Waals surface area contributed by atoms with Crippen LogP contribution in [0, 0.1) is 5.82 Å². The minimum atomic E-state index is -0.280. The minimum absolute atomic E-state index is 0. The molecule has 5 aromatic rings. The predicted molar refractivity (Wildman–Crippen MR) is 118 cm³/mol. The van der Waals surface area contributed by atoms with E-state index in [1.807, 2.05) is 18.2 Å². The molecule has 148 valence electrons. The highest BCUT2D eigenvalue weighted by atomic mass is 19.1. The van der Waals surface area contributed by atoms with Gasteiger partial charge in [-0.05, 0) is 65.2 Å². The van der Waals surface area contributed by atoms with Gasteiger partial charge in [-0.3, -0.25) is 14.9 Å². The number of nitrogens with zero attached hydrogens (tertiary/aromatic N) is 2. The standard InChI is InChI=1S/C23H15FN4O.CH4/c24-17-5-1-14(2-6-17)23-20(13-27-28-23)15-3-7-21-19(11-15)18(9-10-25-21)16-4-8-22(29)26-12-16;/h1-13H,(H,26,29)(H,27,28);1H4. The lowest BCUT2D eigenvalue weighted by Crippen LogP contribution is -2.01. The van der Waals surface area contributed by atoms with Gasteiger partial charge >= 0.3 is 0 Å². The molecule has 0 aliphatic rings. The first kappa shape index (κ1) is 19.3. The monoisotopic (exact) mass is 398 g/mol. The average Bonchev–Trinajstić information content (AvgIpc) is 3.24. The number of hydrogen-bond donors (Lipinski definition) is 2. The molecule has 0 amide bonds. The molecule has 0 aliphatic carbocycles. The van der Waals surface area contributed by atoms with Crippen LogP contribution >= 0.6 is 0 Å². The molecule has 0 atom stereocenters. The van der Waals surface area contributed by atoms with Crippen molar-refractivity contribution in [2.24, 2.45) is 0 Å². The summed E-state index contributed by atoms with van der Waals surface area (Å²) in [6.45, 7) is 0. The van der Waals surface area contributed by atoms with Crippen LogP contribution in [0.25, 0.3) is 44.4 Å². The fourth-order valence-electron chi connectivity index (χ4n) is 3.49. The molecule has 0 fully saturated rings. The highest BCUT2D eigenvalue weighted by Crippen LogP contribution is 2.34. The lowest BCUT2D eigenvalue weighted by Gasteiger charge is -2.09. The Bertz CT molecular complexity index is 1370. The van der Waals surface area contributed by atoms with Crippen molar-refractivity contribution in [2.75, 3.05) is 0 Å². The van der Waals surface area contributed by atoms with E-state index in [9.17, 15) is 9.18 Å². The third-order valence-corrected chi connectivity index (χ3v) is 4.92. The number of aromatic nitrogens is 4. The molecular formula is C24H19FN4O. The summed E-state index contributed by atoms with van der Waals surface area (Å²) in [5, 5.41) is 8.17. The smallest absolute Gasteiger partial charge is 0.247 e. The number of benzene rings is 2. The lowest BCUT2D eigenvalue weighted by atomic mass is 9.97. The maximum absolute atomic E-state index is 13.3. The summed E-state index contributed by atoms with van der Waals surface area (Å²) < 4.78 is 13.3. The third kappa shape index (κ3) is 3.39. The van der Waals surface area contributed by atoms with E-state index in [1.165, 1.54) is 18.2 Å². The summed E-state index contributed by atoms with van der Waals surface area (Å²) in [6, 6.07) is 17.5. The molecule has 0 aliphatic heterocycles. The number of H-pyrrole nitrogens is 2. The Labute approximate surface area is 172 Å². The van der Waals surface area contributed by atoms with Crippen LogP contribution in [0.3, 0.4) is 0 Å².